The number of halogens is 3. The van der Waals surface area contributed by atoms with Gasteiger partial charge in [-0.2, -0.15) is 0 Å². The summed E-state index contributed by atoms with van der Waals surface area (Å²) in [6.45, 7) is 2.08. The minimum absolute atomic E-state index is 0.144. The Labute approximate surface area is 126 Å². The Morgan fingerprint density at radius 3 is 2.63 bits per heavy atom. The molecule has 0 spiro atoms. The van der Waals surface area contributed by atoms with Gasteiger partial charge in [0.15, 0.2) is 0 Å². The maximum absolute atomic E-state index is 11.7. The second-order valence-electron chi connectivity index (χ2n) is 4.66. The van der Waals surface area contributed by atoms with E-state index in [0.717, 1.165) is 0 Å². The van der Waals surface area contributed by atoms with Crippen molar-refractivity contribution >= 4 is 40.8 Å². The molecule has 3 nitrogen and oxygen atoms in total. The Morgan fingerprint density at radius 1 is 1.37 bits per heavy atom. The minimum Gasteiger partial charge on any atom is -0.490 e. The van der Waals surface area contributed by atoms with E-state index in [-0.39, 0.29) is 13.2 Å². The molecular weight excluding hydrogens is 310 g/mol. The third kappa shape index (κ3) is 3.28. The van der Waals surface area contributed by atoms with Crippen LogP contribution in [0.3, 0.4) is 0 Å². The Balaban J connectivity index is 1.72. The largest absolute Gasteiger partial charge is 0.490 e. The number of carbonyl (C=O) groups is 1. The predicted molar refractivity (Wildman–Crippen MR) is 75.1 cm³/mol. The lowest BCUT2D eigenvalue weighted by atomic mass is 10.1. The van der Waals surface area contributed by atoms with Gasteiger partial charge in [-0.3, -0.25) is 4.79 Å². The summed E-state index contributed by atoms with van der Waals surface area (Å²) in [6.07, 6.45) is 0.414. The molecule has 1 aliphatic rings. The summed E-state index contributed by atoms with van der Waals surface area (Å²) in [5, 5.41) is 0.592. The third-order valence-electron chi connectivity index (χ3n) is 3.09. The van der Waals surface area contributed by atoms with Crippen LogP contribution < -0.4 is 4.74 Å². The first-order chi connectivity index (χ1) is 8.85. The molecule has 0 bridgehead atoms. The van der Waals surface area contributed by atoms with Crippen LogP contribution in [0.15, 0.2) is 24.3 Å². The Kier molecular flexibility index (Phi) is 4.19. The molecule has 0 aromatic heterocycles. The van der Waals surface area contributed by atoms with Gasteiger partial charge in [0, 0.05) is 11.4 Å². The molecule has 1 saturated carbocycles. The number of benzene rings is 1. The van der Waals surface area contributed by atoms with Crippen LogP contribution in [0.2, 0.25) is 5.02 Å². The summed E-state index contributed by atoms with van der Waals surface area (Å²) >= 11 is 17.6. The molecule has 1 aliphatic carbocycles. The number of hydrogen-bond acceptors (Lipinski definition) is 3. The van der Waals surface area contributed by atoms with E-state index < -0.39 is 15.7 Å². The lowest BCUT2D eigenvalue weighted by Gasteiger charge is -2.12. The van der Waals surface area contributed by atoms with Crippen molar-refractivity contribution in [1.82, 2.24) is 0 Å². The number of carbonyl (C=O) groups excluding carboxylic acids is 1. The molecular formula is C13H13Cl3O3. The molecule has 0 radical (unpaired) electrons. The van der Waals surface area contributed by atoms with Gasteiger partial charge in [0.2, 0.25) is 0 Å². The zero-order valence-electron chi connectivity index (χ0n) is 10.3. The molecule has 19 heavy (non-hydrogen) atoms. The van der Waals surface area contributed by atoms with Gasteiger partial charge in [-0.25, -0.2) is 0 Å². The highest BCUT2D eigenvalue weighted by atomic mass is 35.5. The Hall–Kier alpha value is -0.640. The predicted octanol–water partition coefficient (Wildman–Crippen LogP) is 3.85. The SMILES string of the molecule is CC1(C(=O)OCCOc2cccc(Cl)c2)CC1(Cl)Cl. The average molecular weight is 324 g/mol. The zero-order chi connectivity index (χ0) is 14.1. The minimum atomic E-state index is -1.00. The number of rotatable bonds is 5. The number of ether oxygens (including phenoxy) is 2. The highest BCUT2D eigenvalue weighted by Gasteiger charge is 2.69. The van der Waals surface area contributed by atoms with Crippen molar-refractivity contribution in [2.24, 2.45) is 5.41 Å². The van der Waals surface area contributed by atoms with Crippen molar-refractivity contribution in [3.8, 4) is 5.75 Å². The van der Waals surface area contributed by atoms with Gasteiger partial charge in [0.05, 0.1) is 0 Å². The number of alkyl halides is 2. The molecule has 1 unspecified atom stereocenters. The highest BCUT2D eigenvalue weighted by Crippen LogP contribution is 2.64. The summed E-state index contributed by atoms with van der Waals surface area (Å²) in [6, 6.07) is 7.00. The van der Waals surface area contributed by atoms with E-state index in [9.17, 15) is 4.79 Å². The van der Waals surface area contributed by atoms with Crippen molar-refractivity contribution in [1.29, 1.82) is 0 Å². The molecule has 1 fully saturated rings. The van der Waals surface area contributed by atoms with Crippen molar-refractivity contribution < 1.29 is 14.3 Å². The third-order valence-corrected chi connectivity index (χ3v) is 4.43. The fourth-order valence-electron chi connectivity index (χ4n) is 1.63. The van der Waals surface area contributed by atoms with Crippen LogP contribution in [0.4, 0.5) is 0 Å². The summed E-state index contributed by atoms with van der Waals surface area (Å²) < 4.78 is 9.48. The van der Waals surface area contributed by atoms with Crippen LogP contribution in [0.1, 0.15) is 13.3 Å². The lowest BCUT2D eigenvalue weighted by Crippen LogP contribution is -2.23. The van der Waals surface area contributed by atoms with Gasteiger partial charge in [0.1, 0.15) is 28.7 Å². The van der Waals surface area contributed by atoms with Crippen molar-refractivity contribution in [3.05, 3.63) is 29.3 Å². The molecule has 0 amide bonds. The van der Waals surface area contributed by atoms with E-state index >= 15 is 0 Å². The second kappa shape index (κ2) is 5.39. The first-order valence-electron chi connectivity index (χ1n) is 5.79. The van der Waals surface area contributed by atoms with Crippen molar-refractivity contribution in [3.63, 3.8) is 0 Å². The molecule has 0 aliphatic heterocycles. The van der Waals surface area contributed by atoms with E-state index in [0.29, 0.717) is 17.2 Å². The molecule has 1 aromatic carbocycles. The van der Waals surface area contributed by atoms with Crippen LogP contribution in [0.5, 0.6) is 5.75 Å². The Morgan fingerprint density at radius 2 is 2.05 bits per heavy atom. The number of esters is 1. The fraction of sp³-hybridized carbons (Fsp3) is 0.462. The highest BCUT2D eigenvalue weighted by molar-refractivity contribution is 6.53. The second-order valence-corrected chi connectivity index (χ2v) is 6.58. The first-order valence-corrected chi connectivity index (χ1v) is 6.92. The molecule has 0 heterocycles. The molecule has 1 atom stereocenters. The fourth-order valence-corrected chi connectivity index (χ4v) is 2.50. The summed E-state index contributed by atoms with van der Waals surface area (Å²) in [4.78, 5) is 11.7. The van der Waals surface area contributed by atoms with Crippen molar-refractivity contribution in [2.75, 3.05) is 13.2 Å². The van der Waals surface area contributed by atoms with E-state index in [1.807, 2.05) is 0 Å². The van der Waals surface area contributed by atoms with Gasteiger partial charge < -0.3 is 9.47 Å². The maximum Gasteiger partial charge on any atom is 0.315 e. The van der Waals surface area contributed by atoms with E-state index in [2.05, 4.69) is 0 Å². The molecule has 0 N–H and O–H groups in total. The van der Waals surface area contributed by atoms with E-state index in [4.69, 9.17) is 44.3 Å². The normalized spacial score (nSPS) is 23.8. The van der Waals surface area contributed by atoms with Gasteiger partial charge >= 0.3 is 5.97 Å². The monoisotopic (exact) mass is 322 g/mol. The van der Waals surface area contributed by atoms with Crippen LogP contribution in [0.25, 0.3) is 0 Å². The summed E-state index contributed by atoms with van der Waals surface area (Å²) in [5.74, 6) is 0.234. The van der Waals surface area contributed by atoms with Gasteiger partial charge in [-0.15, -0.1) is 23.2 Å². The number of hydrogen-bond donors (Lipinski definition) is 0. The van der Waals surface area contributed by atoms with E-state index in [1.165, 1.54) is 0 Å². The van der Waals surface area contributed by atoms with E-state index in [1.54, 1.807) is 31.2 Å². The molecule has 104 valence electrons. The van der Waals surface area contributed by atoms with Crippen LogP contribution in [-0.2, 0) is 9.53 Å². The van der Waals surface area contributed by atoms with Crippen LogP contribution in [-0.4, -0.2) is 23.5 Å². The van der Waals surface area contributed by atoms with Crippen LogP contribution >= 0.6 is 34.8 Å². The summed E-state index contributed by atoms with van der Waals surface area (Å²) in [5.41, 5.74) is -0.799. The van der Waals surface area contributed by atoms with Gasteiger partial charge in [0.25, 0.3) is 0 Å². The van der Waals surface area contributed by atoms with Gasteiger partial charge in [-0.1, -0.05) is 17.7 Å². The Bertz CT molecular complexity index is 490. The van der Waals surface area contributed by atoms with Crippen LogP contribution in [0, 0.1) is 5.41 Å². The molecule has 0 saturated heterocycles. The van der Waals surface area contributed by atoms with Gasteiger partial charge in [-0.05, 0) is 25.1 Å². The standard InChI is InChI=1S/C13H13Cl3O3/c1-12(8-13(12,15)16)11(17)19-6-5-18-10-4-2-3-9(14)7-10/h2-4,7H,5-6,8H2,1H3. The molecule has 1 aromatic rings. The smallest absolute Gasteiger partial charge is 0.315 e. The quantitative estimate of drug-likeness (QED) is 0.469. The zero-order valence-corrected chi connectivity index (χ0v) is 12.6. The maximum atomic E-state index is 11.7. The first kappa shape index (κ1) is 14.8. The molecule has 2 rings (SSSR count). The lowest BCUT2D eigenvalue weighted by molar-refractivity contribution is -0.150. The van der Waals surface area contributed by atoms with Crippen molar-refractivity contribution in [2.45, 2.75) is 17.7 Å². The average Bonchev–Trinajstić information content (AvgIpc) is 2.85. The summed E-state index contributed by atoms with van der Waals surface area (Å²) in [7, 11) is 0. The molecule has 6 heteroatoms. The topological polar surface area (TPSA) is 35.5 Å².